The van der Waals surface area contributed by atoms with Gasteiger partial charge >= 0.3 is 6.18 Å². The molecule has 0 aromatic rings. The number of alkyl halides is 3. The van der Waals surface area contributed by atoms with Gasteiger partial charge in [-0.2, -0.15) is 13.2 Å². The Balaban J connectivity index is 3.97. The van der Waals surface area contributed by atoms with Crippen molar-refractivity contribution in [3.8, 4) is 0 Å². The van der Waals surface area contributed by atoms with Gasteiger partial charge in [-0.25, -0.2) is 12.7 Å². The van der Waals surface area contributed by atoms with Crippen LogP contribution in [0.3, 0.4) is 0 Å². The van der Waals surface area contributed by atoms with E-state index in [0.29, 0.717) is 13.0 Å². The number of hydrogen-bond acceptors (Lipinski definition) is 3. The number of sulfonamides is 1. The summed E-state index contributed by atoms with van der Waals surface area (Å²) < 4.78 is 59.9. The van der Waals surface area contributed by atoms with E-state index < -0.39 is 29.2 Å². The van der Waals surface area contributed by atoms with Gasteiger partial charge in [-0.05, 0) is 25.9 Å². The van der Waals surface area contributed by atoms with Crippen LogP contribution in [0.25, 0.3) is 0 Å². The summed E-state index contributed by atoms with van der Waals surface area (Å²) in [6.45, 7) is 2.84. The molecule has 0 atom stereocenters. The molecule has 18 heavy (non-hydrogen) atoms. The second-order valence-electron chi connectivity index (χ2n) is 4.11. The van der Waals surface area contributed by atoms with Crippen molar-refractivity contribution in [2.75, 3.05) is 32.4 Å². The highest BCUT2D eigenvalue weighted by Crippen LogP contribution is 2.20. The van der Waals surface area contributed by atoms with E-state index in [9.17, 15) is 21.6 Å². The number of rotatable bonds is 9. The molecule has 0 rings (SSSR count). The Morgan fingerprint density at radius 2 is 1.83 bits per heavy atom. The van der Waals surface area contributed by atoms with E-state index in [1.54, 1.807) is 0 Å². The zero-order chi connectivity index (χ0) is 14.2. The molecular formula is C10H21F3N2O2S. The van der Waals surface area contributed by atoms with Crippen LogP contribution in [0.4, 0.5) is 13.2 Å². The Bertz CT molecular complexity index is 318. The van der Waals surface area contributed by atoms with Crippen molar-refractivity contribution in [2.45, 2.75) is 32.4 Å². The topological polar surface area (TPSA) is 49.4 Å². The van der Waals surface area contributed by atoms with Crippen molar-refractivity contribution in [1.82, 2.24) is 9.62 Å². The summed E-state index contributed by atoms with van der Waals surface area (Å²) in [5, 5.41) is 3.04. The fourth-order valence-corrected chi connectivity index (χ4v) is 2.45. The van der Waals surface area contributed by atoms with Crippen LogP contribution in [-0.4, -0.2) is 51.3 Å². The number of nitrogens with one attached hydrogen (secondary N) is 1. The Labute approximate surface area is 107 Å². The molecule has 0 aliphatic heterocycles. The summed E-state index contributed by atoms with van der Waals surface area (Å²) in [6.07, 6.45) is -4.08. The molecule has 0 amide bonds. The highest BCUT2D eigenvalue weighted by atomic mass is 32.2. The number of halogens is 3. The van der Waals surface area contributed by atoms with E-state index in [4.69, 9.17) is 0 Å². The third-order valence-electron chi connectivity index (χ3n) is 2.37. The smallest absolute Gasteiger partial charge is 0.317 e. The van der Waals surface area contributed by atoms with Gasteiger partial charge in [0.15, 0.2) is 0 Å². The molecular weight excluding hydrogens is 269 g/mol. The molecule has 0 saturated heterocycles. The summed E-state index contributed by atoms with van der Waals surface area (Å²) in [6, 6.07) is 0. The maximum Gasteiger partial charge on any atom is 0.390 e. The molecule has 0 fully saturated rings. The van der Waals surface area contributed by atoms with Crippen LogP contribution >= 0.6 is 0 Å². The summed E-state index contributed by atoms with van der Waals surface area (Å²) in [4.78, 5) is 0. The first-order valence-corrected chi connectivity index (χ1v) is 7.51. The lowest BCUT2D eigenvalue weighted by atomic mass is 10.4. The van der Waals surface area contributed by atoms with Crippen LogP contribution in [0, 0.1) is 0 Å². The monoisotopic (exact) mass is 290 g/mol. The van der Waals surface area contributed by atoms with Gasteiger partial charge in [-0.15, -0.1) is 0 Å². The zero-order valence-corrected chi connectivity index (χ0v) is 11.6. The van der Waals surface area contributed by atoms with Crippen molar-refractivity contribution in [2.24, 2.45) is 0 Å². The normalized spacial score (nSPS) is 13.2. The van der Waals surface area contributed by atoms with Crippen molar-refractivity contribution in [3.05, 3.63) is 0 Å². The van der Waals surface area contributed by atoms with E-state index in [2.05, 4.69) is 5.32 Å². The second kappa shape index (κ2) is 7.96. The van der Waals surface area contributed by atoms with Gasteiger partial charge in [0.2, 0.25) is 10.0 Å². The molecule has 0 spiro atoms. The van der Waals surface area contributed by atoms with Crippen molar-refractivity contribution in [1.29, 1.82) is 0 Å². The van der Waals surface area contributed by atoms with Crippen LogP contribution in [0.5, 0.6) is 0 Å². The first-order chi connectivity index (χ1) is 8.19. The largest absolute Gasteiger partial charge is 0.390 e. The van der Waals surface area contributed by atoms with Gasteiger partial charge in [0.25, 0.3) is 0 Å². The molecule has 0 unspecified atom stereocenters. The third kappa shape index (κ3) is 8.71. The standard InChI is InChI=1S/C10H21F3N2O2S/c1-3-6-14-7-4-9-18(16,17)15(2)8-5-10(11,12)13/h14H,3-9H2,1-2H3. The zero-order valence-electron chi connectivity index (χ0n) is 10.8. The fourth-order valence-electron chi connectivity index (χ4n) is 1.26. The first kappa shape index (κ1) is 17.7. The molecule has 0 saturated carbocycles. The Kier molecular flexibility index (Phi) is 7.81. The van der Waals surface area contributed by atoms with Gasteiger partial charge in [-0.1, -0.05) is 6.92 Å². The first-order valence-electron chi connectivity index (χ1n) is 5.90. The lowest BCUT2D eigenvalue weighted by Gasteiger charge is -2.18. The Hall–Kier alpha value is -0.340. The Morgan fingerprint density at radius 3 is 2.33 bits per heavy atom. The maximum atomic E-state index is 12.0. The van der Waals surface area contributed by atoms with Crippen molar-refractivity contribution in [3.63, 3.8) is 0 Å². The summed E-state index contributed by atoms with van der Waals surface area (Å²) in [7, 11) is -2.40. The van der Waals surface area contributed by atoms with Gasteiger partial charge in [0.05, 0.1) is 12.2 Å². The molecule has 0 aromatic heterocycles. The second-order valence-corrected chi connectivity index (χ2v) is 6.30. The highest BCUT2D eigenvalue weighted by Gasteiger charge is 2.29. The van der Waals surface area contributed by atoms with Crippen LogP contribution in [-0.2, 0) is 10.0 Å². The quantitative estimate of drug-likeness (QED) is 0.656. The predicted octanol–water partition coefficient (Wildman–Crippen LogP) is 1.59. The molecule has 0 radical (unpaired) electrons. The average Bonchev–Trinajstić information content (AvgIpc) is 2.24. The van der Waals surface area contributed by atoms with Gasteiger partial charge in [-0.3, -0.25) is 0 Å². The summed E-state index contributed by atoms with van der Waals surface area (Å²) in [5.74, 6) is -0.127. The summed E-state index contributed by atoms with van der Waals surface area (Å²) in [5.41, 5.74) is 0. The van der Waals surface area contributed by atoms with E-state index in [0.717, 1.165) is 17.3 Å². The molecule has 0 aromatic carbocycles. The fraction of sp³-hybridized carbons (Fsp3) is 1.00. The van der Waals surface area contributed by atoms with E-state index in [-0.39, 0.29) is 5.75 Å². The molecule has 0 aliphatic carbocycles. The van der Waals surface area contributed by atoms with Crippen LogP contribution < -0.4 is 5.32 Å². The SMILES string of the molecule is CCCNCCCS(=O)(=O)N(C)CCC(F)(F)F. The van der Waals surface area contributed by atoms with Crippen molar-refractivity contribution < 1.29 is 21.6 Å². The minimum Gasteiger partial charge on any atom is -0.317 e. The minimum absolute atomic E-state index is 0.127. The molecule has 0 bridgehead atoms. The Morgan fingerprint density at radius 1 is 1.22 bits per heavy atom. The number of nitrogens with zero attached hydrogens (tertiary/aromatic N) is 1. The molecule has 4 nitrogen and oxygen atoms in total. The molecule has 110 valence electrons. The lowest BCUT2D eigenvalue weighted by molar-refractivity contribution is -0.135. The van der Waals surface area contributed by atoms with Crippen LogP contribution in [0.2, 0.25) is 0 Å². The van der Waals surface area contributed by atoms with E-state index in [1.807, 2.05) is 6.92 Å². The van der Waals surface area contributed by atoms with Gasteiger partial charge in [0, 0.05) is 13.6 Å². The van der Waals surface area contributed by atoms with Crippen LogP contribution in [0.1, 0.15) is 26.2 Å². The van der Waals surface area contributed by atoms with Gasteiger partial charge < -0.3 is 5.32 Å². The molecule has 1 N–H and O–H groups in total. The lowest BCUT2D eigenvalue weighted by Crippen LogP contribution is -2.33. The van der Waals surface area contributed by atoms with Crippen molar-refractivity contribution >= 4 is 10.0 Å². The predicted molar refractivity (Wildman–Crippen MR) is 64.9 cm³/mol. The van der Waals surface area contributed by atoms with Gasteiger partial charge in [0.1, 0.15) is 0 Å². The highest BCUT2D eigenvalue weighted by molar-refractivity contribution is 7.89. The maximum absolute atomic E-state index is 12.0. The van der Waals surface area contributed by atoms with E-state index in [1.165, 1.54) is 7.05 Å². The molecule has 8 heteroatoms. The minimum atomic E-state index is -4.33. The molecule has 0 heterocycles. The summed E-state index contributed by atoms with van der Waals surface area (Å²) >= 11 is 0. The van der Waals surface area contributed by atoms with E-state index >= 15 is 0 Å². The number of hydrogen-bond donors (Lipinski definition) is 1. The average molecular weight is 290 g/mol. The molecule has 0 aliphatic rings. The third-order valence-corrected chi connectivity index (χ3v) is 4.30. The van der Waals surface area contributed by atoms with Crippen LogP contribution in [0.15, 0.2) is 0 Å².